The number of aryl methyl sites for hydroxylation is 3. The molecule has 0 bridgehead atoms. The van der Waals surface area contributed by atoms with Gasteiger partial charge in [-0.3, -0.25) is 0 Å². The number of fused-ring (bicyclic) bond motifs is 1. The van der Waals surface area contributed by atoms with Crippen LogP contribution in [0.4, 0.5) is 0 Å². The Balaban J connectivity index is 2.17. The topological polar surface area (TPSA) is 54.6 Å². The van der Waals surface area contributed by atoms with Gasteiger partial charge in [-0.15, -0.1) is 0 Å². The Kier molecular flexibility index (Phi) is 3.01. The summed E-state index contributed by atoms with van der Waals surface area (Å²) >= 11 is 0. The molecule has 3 rings (SSSR count). The molecule has 0 aliphatic carbocycles. The number of pyridine rings is 1. The van der Waals surface area contributed by atoms with Gasteiger partial charge < -0.3 is 9.51 Å². The van der Waals surface area contributed by atoms with Crippen molar-refractivity contribution in [2.45, 2.75) is 20.8 Å². The van der Waals surface area contributed by atoms with Gasteiger partial charge in [0.2, 0.25) is 0 Å². The first-order chi connectivity index (χ1) is 9.95. The number of imidazole rings is 1. The molecule has 0 fully saturated rings. The maximum absolute atomic E-state index is 11.0. The van der Waals surface area contributed by atoms with Crippen molar-refractivity contribution in [3.8, 4) is 11.3 Å². The Morgan fingerprint density at radius 1 is 1.05 bits per heavy atom. The summed E-state index contributed by atoms with van der Waals surface area (Å²) in [6, 6.07) is 7.58. The standard InChI is InChI=1S/C17H16N2O2/c1-10-6-12(3)14(7-11(10)2)15-9-19-8-13(17(20)21)4-5-16(19)18-15/h4-9H,1-3H3,(H,20,21). The Bertz CT molecular complexity index is 863. The zero-order chi connectivity index (χ0) is 15.1. The second-order valence-electron chi connectivity index (χ2n) is 5.37. The SMILES string of the molecule is Cc1cc(C)c(-c2cn3cc(C(=O)O)ccc3n2)cc1C. The Labute approximate surface area is 122 Å². The predicted octanol–water partition coefficient (Wildman–Crippen LogP) is 3.62. The summed E-state index contributed by atoms with van der Waals surface area (Å²) in [7, 11) is 0. The Hall–Kier alpha value is -2.62. The van der Waals surface area contributed by atoms with Crippen LogP contribution in [0.3, 0.4) is 0 Å². The number of benzene rings is 1. The average Bonchev–Trinajstić information content (AvgIpc) is 2.85. The first-order valence-corrected chi connectivity index (χ1v) is 6.76. The van der Waals surface area contributed by atoms with Crippen LogP contribution in [0.5, 0.6) is 0 Å². The molecule has 0 radical (unpaired) electrons. The molecule has 2 aromatic heterocycles. The van der Waals surface area contributed by atoms with Gasteiger partial charge in [0.1, 0.15) is 5.65 Å². The summed E-state index contributed by atoms with van der Waals surface area (Å²) in [5.41, 5.74) is 6.58. The number of hydrogen-bond donors (Lipinski definition) is 1. The number of nitrogens with zero attached hydrogens (tertiary/aromatic N) is 2. The third kappa shape index (κ3) is 2.29. The van der Waals surface area contributed by atoms with Crippen LogP contribution in [-0.4, -0.2) is 20.5 Å². The van der Waals surface area contributed by atoms with Crippen LogP contribution >= 0.6 is 0 Å². The van der Waals surface area contributed by atoms with Crippen molar-refractivity contribution in [3.63, 3.8) is 0 Å². The molecule has 0 amide bonds. The van der Waals surface area contributed by atoms with Gasteiger partial charge in [0.05, 0.1) is 11.3 Å². The van der Waals surface area contributed by atoms with E-state index < -0.39 is 5.97 Å². The lowest BCUT2D eigenvalue weighted by atomic mass is 9.99. The molecule has 0 aliphatic rings. The lowest BCUT2D eigenvalue weighted by Gasteiger charge is -2.07. The van der Waals surface area contributed by atoms with Crippen molar-refractivity contribution in [3.05, 3.63) is 58.9 Å². The number of hydrogen-bond acceptors (Lipinski definition) is 2. The van der Waals surface area contributed by atoms with Gasteiger partial charge in [-0.2, -0.15) is 0 Å². The summed E-state index contributed by atoms with van der Waals surface area (Å²) in [5, 5.41) is 9.05. The van der Waals surface area contributed by atoms with Gasteiger partial charge in [0.15, 0.2) is 0 Å². The number of aromatic nitrogens is 2. The second kappa shape index (κ2) is 4.74. The Morgan fingerprint density at radius 3 is 2.48 bits per heavy atom. The number of carbonyl (C=O) groups is 1. The van der Waals surface area contributed by atoms with E-state index in [1.165, 1.54) is 16.7 Å². The molecule has 0 atom stereocenters. The lowest BCUT2D eigenvalue weighted by molar-refractivity contribution is 0.0696. The maximum atomic E-state index is 11.0. The van der Waals surface area contributed by atoms with E-state index in [0.717, 1.165) is 16.9 Å². The summed E-state index contributed by atoms with van der Waals surface area (Å²) in [6.45, 7) is 6.24. The smallest absolute Gasteiger partial charge is 0.337 e. The summed E-state index contributed by atoms with van der Waals surface area (Å²) in [5.74, 6) is -0.936. The molecule has 0 unspecified atom stereocenters. The number of carboxylic acids is 1. The molecule has 4 nitrogen and oxygen atoms in total. The van der Waals surface area contributed by atoms with E-state index in [0.29, 0.717) is 0 Å². The lowest BCUT2D eigenvalue weighted by Crippen LogP contribution is -1.97. The van der Waals surface area contributed by atoms with Gasteiger partial charge in [0.25, 0.3) is 0 Å². The van der Waals surface area contributed by atoms with Gasteiger partial charge in [-0.05, 0) is 55.7 Å². The molecule has 1 N–H and O–H groups in total. The highest BCUT2D eigenvalue weighted by Gasteiger charge is 2.10. The molecule has 2 heterocycles. The van der Waals surface area contributed by atoms with E-state index in [9.17, 15) is 4.79 Å². The quantitative estimate of drug-likeness (QED) is 0.780. The van der Waals surface area contributed by atoms with Crippen molar-refractivity contribution in [2.24, 2.45) is 0 Å². The van der Waals surface area contributed by atoms with Crippen LogP contribution in [0, 0.1) is 20.8 Å². The highest BCUT2D eigenvalue weighted by atomic mass is 16.4. The maximum Gasteiger partial charge on any atom is 0.337 e. The molecule has 106 valence electrons. The minimum atomic E-state index is -0.936. The zero-order valence-electron chi connectivity index (χ0n) is 12.2. The summed E-state index contributed by atoms with van der Waals surface area (Å²) < 4.78 is 1.76. The molecule has 21 heavy (non-hydrogen) atoms. The van der Waals surface area contributed by atoms with Crippen molar-refractivity contribution < 1.29 is 9.90 Å². The third-order valence-electron chi connectivity index (χ3n) is 3.81. The second-order valence-corrected chi connectivity index (χ2v) is 5.37. The van der Waals surface area contributed by atoms with Crippen LogP contribution in [0.2, 0.25) is 0 Å². The monoisotopic (exact) mass is 280 g/mol. The average molecular weight is 280 g/mol. The van der Waals surface area contributed by atoms with E-state index in [1.54, 1.807) is 22.7 Å². The van der Waals surface area contributed by atoms with Crippen molar-refractivity contribution in [2.75, 3.05) is 0 Å². The van der Waals surface area contributed by atoms with E-state index in [2.05, 4.69) is 37.9 Å². The van der Waals surface area contributed by atoms with Crippen molar-refractivity contribution in [1.29, 1.82) is 0 Å². The highest BCUT2D eigenvalue weighted by molar-refractivity contribution is 5.87. The van der Waals surface area contributed by atoms with Gasteiger partial charge in [-0.1, -0.05) is 6.07 Å². The minimum Gasteiger partial charge on any atom is -0.478 e. The highest BCUT2D eigenvalue weighted by Crippen LogP contribution is 2.26. The van der Waals surface area contributed by atoms with E-state index in [4.69, 9.17) is 5.11 Å². The van der Waals surface area contributed by atoms with Crippen LogP contribution in [0.1, 0.15) is 27.0 Å². The Morgan fingerprint density at radius 2 is 1.76 bits per heavy atom. The minimum absolute atomic E-state index is 0.253. The van der Waals surface area contributed by atoms with E-state index in [-0.39, 0.29) is 5.56 Å². The fraction of sp³-hybridized carbons (Fsp3) is 0.176. The van der Waals surface area contributed by atoms with Gasteiger partial charge in [-0.25, -0.2) is 9.78 Å². The zero-order valence-corrected chi connectivity index (χ0v) is 12.2. The summed E-state index contributed by atoms with van der Waals surface area (Å²) in [6.07, 6.45) is 3.46. The van der Waals surface area contributed by atoms with Crippen molar-refractivity contribution >= 4 is 11.6 Å². The normalized spacial score (nSPS) is 11.0. The van der Waals surface area contributed by atoms with Crippen LogP contribution in [0.15, 0.2) is 36.7 Å². The molecule has 0 spiro atoms. The molecule has 0 saturated carbocycles. The number of carboxylic acid groups (broad SMARTS) is 1. The van der Waals surface area contributed by atoms with Crippen LogP contribution in [0.25, 0.3) is 16.9 Å². The molecule has 3 aromatic rings. The van der Waals surface area contributed by atoms with E-state index in [1.807, 2.05) is 6.20 Å². The van der Waals surface area contributed by atoms with Crippen molar-refractivity contribution in [1.82, 2.24) is 9.38 Å². The first-order valence-electron chi connectivity index (χ1n) is 6.76. The van der Waals surface area contributed by atoms with Gasteiger partial charge >= 0.3 is 5.97 Å². The van der Waals surface area contributed by atoms with Crippen LogP contribution < -0.4 is 0 Å². The molecular formula is C17H16N2O2. The van der Waals surface area contributed by atoms with Crippen LogP contribution in [-0.2, 0) is 0 Å². The summed E-state index contributed by atoms with van der Waals surface area (Å²) in [4.78, 5) is 15.6. The largest absolute Gasteiger partial charge is 0.478 e. The molecule has 0 saturated heterocycles. The fourth-order valence-corrected chi connectivity index (χ4v) is 2.48. The fourth-order valence-electron chi connectivity index (χ4n) is 2.48. The van der Waals surface area contributed by atoms with E-state index >= 15 is 0 Å². The molecule has 0 aliphatic heterocycles. The molecule has 1 aromatic carbocycles. The molecule has 4 heteroatoms. The van der Waals surface area contributed by atoms with Gasteiger partial charge in [0, 0.05) is 18.0 Å². The third-order valence-corrected chi connectivity index (χ3v) is 3.81. The number of aromatic carboxylic acids is 1. The number of rotatable bonds is 2. The predicted molar refractivity (Wildman–Crippen MR) is 81.8 cm³/mol. The molecular weight excluding hydrogens is 264 g/mol. The first kappa shape index (κ1) is 13.4.